The zero-order valence-corrected chi connectivity index (χ0v) is 3.79. The van der Waals surface area contributed by atoms with Gasteiger partial charge in [-0.3, -0.25) is 0 Å². The molecule has 0 aliphatic rings. The number of hydrogen-bond acceptors (Lipinski definition) is 2. The average molecular weight is 85.1 g/mol. The molecule has 4 heteroatoms. The topological polar surface area (TPSA) is 55.3 Å². The summed E-state index contributed by atoms with van der Waals surface area (Å²) in [6.07, 6.45) is 0. The maximum absolute atomic E-state index is 7.18. The Bertz CT molecular complexity index is 37.0. The van der Waals surface area contributed by atoms with Crippen LogP contribution >= 0.6 is 12.6 Å². The molecule has 0 aromatic carbocycles. The predicted molar refractivity (Wildman–Crippen MR) is 19.3 cm³/mol. The van der Waals surface area contributed by atoms with E-state index in [1.165, 1.54) is 5.40 Å². The van der Waals surface area contributed by atoms with Crippen LogP contribution in [0.25, 0.3) is 0 Å². The van der Waals surface area contributed by atoms with Gasteiger partial charge in [-0.25, -0.2) is 0 Å². The van der Waals surface area contributed by atoms with Crippen LogP contribution in [0.3, 0.4) is 0 Å². The van der Waals surface area contributed by atoms with Crippen LogP contribution in [-0.2, 0) is 0 Å². The SMILES string of the molecule is N#CS.O.[H-].[Li+]. The number of hydrogen-bond donors (Lipinski definition) is 1. The minimum Gasteiger partial charge on any atom is -1.00 e. The van der Waals surface area contributed by atoms with Gasteiger partial charge < -0.3 is 6.90 Å². The summed E-state index contributed by atoms with van der Waals surface area (Å²) in [6.45, 7) is 0. The Labute approximate surface area is 49.6 Å². The summed E-state index contributed by atoms with van der Waals surface area (Å²) in [5.74, 6) is 0. The molecule has 2 nitrogen and oxygen atoms in total. The van der Waals surface area contributed by atoms with Crippen molar-refractivity contribution in [2.24, 2.45) is 0 Å². The van der Waals surface area contributed by atoms with Gasteiger partial charge in [0.1, 0.15) is 5.40 Å². The Kier molecular flexibility index (Phi) is 94.4. The Balaban J connectivity index is -0.00000000667. The molecule has 0 unspecified atom stereocenters. The second-order valence-electron chi connectivity index (χ2n) is 0.100. The third-order valence-corrected chi connectivity index (χ3v) is 0. The molecule has 0 fully saturated rings. The van der Waals surface area contributed by atoms with Crippen LogP contribution in [0.15, 0.2) is 0 Å². The summed E-state index contributed by atoms with van der Waals surface area (Å²) in [5.41, 5.74) is 0. The van der Waals surface area contributed by atoms with Gasteiger partial charge in [0.25, 0.3) is 0 Å². The van der Waals surface area contributed by atoms with Crippen LogP contribution in [0.1, 0.15) is 1.43 Å². The molecule has 0 rings (SSSR count). The second-order valence-corrected chi connectivity index (χ2v) is 0.300. The van der Waals surface area contributed by atoms with Crippen LogP contribution in [0.4, 0.5) is 0 Å². The molecular formula is CH4LiNOS. The van der Waals surface area contributed by atoms with Crippen molar-refractivity contribution in [1.82, 2.24) is 0 Å². The zero-order chi connectivity index (χ0) is 2.71. The summed E-state index contributed by atoms with van der Waals surface area (Å²) < 4.78 is 0. The molecule has 0 aromatic heterocycles. The quantitative estimate of drug-likeness (QED) is 0.187. The van der Waals surface area contributed by atoms with Crippen LogP contribution in [0.2, 0.25) is 0 Å². The van der Waals surface area contributed by atoms with Crippen LogP contribution in [-0.4, -0.2) is 5.48 Å². The standard InChI is InChI=1S/CHNS.Li.H2O.H/c2-1-3;;;/h3H;;1H2;/q;+1;;-1. The number of nitrogens with zero attached hydrogens (tertiary/aromatic N) is 1. The normalized spacial score (nSPS) is 1.60. The van der Waals surface area contributed by atoms with E-state index in [1.807, 2.05) is 0 Å². The van der Waals surface area contributed by atoms with Gasteiger partial charge in [0.15, 0.2) is 0 Å². The third-order valence-electron chi connectivity index (χ3n) is 0. The van der Waals surface area contributed by atoms with Gasteiger partial charge >= 0.3 is 18.9 Å². The van der Waals surface area contributed by atoms with Crippen molar-refractivity contribution in [3.05, 3.63) is 0 Å². The molecule has 0 aliphatic heterocycles. The zero-order valence-electron chi connectivity index (χ0n) is 3.89. The number of rotatable bonds is 0. The van der Waals surface area contributed by atoms with E-state index in [9.17, 15) is 0 Å². The Morgan fingerprint density at radius 3 is 1.80 bits per heavy atom. The van der Waals surface area contributed by atoms with Crippen LogP contribution < -0.4 is 18.9 Å². The summed E-state index contributed by atoms with van der Waals surface area (Å²) in [5, 5.41) is 8.63. The summed E-state index contributed by atoms with van der Waals surface area (Å²) >= 11 is 3.09. The van der Waals surface area contributed by atoms with Gasteiger partial charge in [0, 0.05) is 0 Å². The Morgan fingerprint density at radius 2 is 1.80 bits per heavy atom. The van der Waals surface area contributed by atoms with E-state index in [0.29, 0.717) is 0 Å². The van der Waals surface area contributed by atoms with Crippen LogP contribution in [0.5, 0.6) is 0 Å². The molecule has 0 saturated carbocycles. The van der Waals surface area contributed by atoms with Gasteiger partial charge in [0.2, 0.25) is 0 Å². The fraction of sp³-hybridized carbons (Fsp3) is 0. The number of nitriles is 1. The molecule has 0 spiro atoms. The van der Waals surface area contributed by atoms with Gasteiger partial charge in [-0.15, -0.1) is 0 Å². The molecule has 5 heavy (non-hydrogen) atoms. The molecule has 2 N–H and O–H groups in total. The molecule has 0 aromatic rings. The Morgan fingerprint density at radius 1 is 1.80 bits per heavy atom. The van der Waals surface area contributed by atoms with E-state index < -0.39 is 0 Å². The molecule has 0 atom stereocenters. The molecule has 26 valence electrons. The largest absolute Gasteiger partial charge is 1.00 e. The first-order chi connectivity index (χ1) is 1.41. The van der Waals surface area contributed by atoms with E-state index in [-0.39, 0.29) is 25.8 Å². The first-order valence-electron chi connectivity index (χ1n) is 0.447. The fourth-order valence-corrected chi connectivity index (χ4v) is 0. The monoisotopic (exact) mass is 85.0 g/mol. The summed E-state index contributed by atoms with van der Waals surface area (Å²) in [7, 11) is 0. The van der Waals surface area contributed by atoms with Crippen LogP contribution in [0, 0.1) is 10.7 Å². The first-order valence-corrected chi connectivity index (χ1v) is 0.894. The minimum atomic E-state index is 0. The average Bonchev–Trinajstić information content (AvgIpc) is 0.918. The van der Waals surface area contributed by atoms with Gasteiger partial charge in [-0.05, 0) is 0 Å². The molecular weight excluding hydrogens is 81.0 g/mol. The fourth-order valence-electron chi connectivity index (χ4n) is 0. The molecule has 0 bridgehead atoms. The molecule has 0 amide bonds. The van der Waals surface area contributed by atoms with Crippen molar-refractivity contribution < 1.29 is 25.8 Å². The first kappa shape index (κ1) is 18.2. The van der Waals surface area contributed by atoms with Crippen molar-refractivity contribution in [3.8, 4) is 5.40 Å². The maximum atomic E-state index is 7.18. The second kappa shape index (κ2) is 26.0. The van der Waals surface area contributed by atoms with Crippen molar-refractivity contribution >= 4 is 12.6 Å². The molecule has 0 heterocycles. The number of thiocyanates is 1. The van der Waals surface area contributed by atoms with Crippen molar-refractivity contribution in [3.63, 3.8) is 0 Å². The van der Waals surface area contributed by atoms with Crippen molar-refractivity contribution in [1.29, 1.82) is 5.26 Å². The molecule has 0 aliphatic carbocycles. The van der Waals surface area contributed by atoms with Gasteiger partial charge in [-0.1, -0.05) is 12.6 Å². The van der Waals surface area contributed by atoms with E-state index in [1.54, 1.807) is 0 Å². The summed E-state index contributed by atoms with van der Waals surface area (Å²) in [6, 6.07) is 0. The van der Waals surface area contributed by atoms with E-state index >= 15 is 0 Å². The minimum absolute atomic E-state index is 0. The maximum Gasteiger partial charge on any atom is 1.00 e. The smallest absolute Gasteiger partial charge is 1.00 e. The van der Waals surface area contributed by atoms with Crippen molar-refractivity contribution in [2.45, 2.75) is 0 Å². The Hall–Kier alpha value is 0.397. The third kappa shape index (κ3) is 160. The van der Waals surface area contributed by atoms with Gasteiger partial charge in [0.05, 0.1) is 0 Å². The van der Waals surface area contributed by atoms with E-state index in [2.05, 4.69) is 12.6 Å². The molecule has 0 radical (unpaired) electrons. The van der Waals surface area contributed by atoms with E-state index in [4.69, 9.17) is 5.26 Å². The molecule has 0 saturated heterocycles. The van der Waals surface area contributed by atoms with Crippen molar-refractivity contribution in [2.75, 3.05) is 0 Å². The summed E-state index contributed by atoms with van der Waals surface area (Å²) in [4.78, 5) is 0. The predicted octanol–water partition coefficient (Wildman–Crippen LogP) is -3.31. The number of thiol groups is 1. The van der Waals surface area contributed by atoms with Gasteiger partial charge in [-0.2, -0.15) is 5.26 Å². The van der Waals surface area contributed by atoms with E-state index in [0.717, 1.165) is 0 Å².